The molecule has 0 radical (unpaired) electrons. The number of rotatable bonds is 10. The zero-order valence-corrected chi connectivity index (χ0v) is 24.9. The molecule has 224 valence electrons. The van der Waals surface area contributed by atoms with E-state index in [4.69, 9.17) is 0 Å². The highest BCUT2D eigenvalue weighted by Gasteiger charge is 2.29. The number of carboxylic acids is 2. The van der Waals surface area contributed by atoms with E-state index in [0.717, 1.165) is 27.8 Å². The van der Waals surface area contributed by atoms with E-state index in [9.17, 15) is 29.4 Å². The second-order valence-corrected chi connectivity index (χ2v) is 10.7. The normalized spacial score (nSPS) is 19.7. The molecular formula is C33H34N4O6-2. The average Bonchev–Trinajstić information content (AvgIpc) is 3.59. The van der Waals surface area contributed by atoms with Crippen LogP contribution < -0.4 is 26.2 Å². The molecule has 1 fully saturated rings. The van der Waals surface area contributed by atoms with Crippen LogP contribution in [0.1, 0.15) is 67.3 Å². The quantitative estimate of drug-likeness (QED) is 0.368. The Labute approximate surface area is 249 Å². The number of hydrogen-bond acceptors (Lipinski definition) is 6. The van der Waals surface area contributed by atoms with Crippen LogP contribution in [0.15, 0.2) is 46.1 Å². The van der Waals surface area contributed by atoms with E-state index >= 15 is 0 Å². The Hall–Kier alpha value is -4.99. The summed E-state index contributed by atoms with van der Waals surface area (Å²) in [6, 6.07) is 0. The Kier molecular flexibility index (Phi) is 8.99. The molecule has 2 amide bonds. The lowest BCUT2D eigenvalue weighted by molar-refractivity contribution is -0.307. The van der Waals surface area contributed by atoms with E-state index in [1.807, 2.05) is 45.9 Å². The van der Waals surface area contributed by atoms with E-state index in [1.165, 1.54) is 6.08 Å². The third-order valence-electron chi connectivity index (χ3n) is 8.10. The molecule has 0 aliphatic carbocycles. The Morgan fingerprint density at radius 1 is 0.907 bits per heavy atom. The number of carboxylic acid groups (broad SMARTS) is 2. The summed E-state index contributed by atoms with van der Waals surface area (Å²) < 4.78 is 0. The minimum Gasteiger partial charge on any atom is -0.550 e. The van der Waals surface area contributed by atoms with Gasteiger partial charge in [-0.3, -0.25) is 9.59 Å². The minimum absolute atomic E-state index is 0.102. The lowest BCUT2D eigenvalue weighted by atomic mass is 10.00. The predicted molar refractivity (Wildman–Crippen MR) is 159 cm³/mol. The lowest BCUT2D eigenvalue weighted by Crippen LogP contribution is -2.23. The topological polar surface area (TPSA) is 170 Å². The highest BCUT2D eigenvalue weighted by molar-refractivity contribution is 6.31. The first-order valence-electron chi connectivity index (χ1n) is 14.0. The zero-order chi connectivity index (χ0) is 31.6. The highest BCUT2D eigenvalue weighted by Crippen LogP contribution is 2.29. The molecular weight excluding hydrogens is 548 g/mol. The van der Waals surface area contributed by atoms with Gasteiger partial charge in [0, 0.05) is 45.3 Å². The van der Waals surface area contributed by atoms with Crippen LogP contribution in [0.25, 0.3) is 18.2 Å². The smallest absolute Gasteiger partial charge is 0.277 e. The maximum absolute atomic E-state index is 12.3. The molecule has 1 saturated heterocycles. The number of nitrogens with zero attached hydrogens (tertiary/aromatic N) is 1. The maximum atomic E-state index is 12.3. The molecule has 10 heteroatoms. The number of hydrogen-bond donors (Lipinski definition) is 3. The van der Waals surface area contributed by atoms with Crippen LogP contribution in [0, 0.1) is 19.8 Å². The van der Waals surface area contributed by atoms with Crippen molar-refractivity contribution in [2.75, 3.05) is 0 Å². The summed E-state index contributed by atoms with van der Waals surface area (Å²) in [6.45, 7) is 12.9. The van der Waals surface area contributed by atoms with E-state index in [1.54, 1.807) is 13.0 Å². The molecule has 4 rings (SSSR count). The van der Waals surface area contributed by atoms with Gasteiger partial charge in [-0.05, 0) is 112 Å². The van der Waals surface area contributed by atoms with E-state index in [2.05, 4.69) is 26.9 Å². The summed E-state index contributed by atoms with van der Waals surface area (Å²) in [5.74, 6) is -3.14. The largest absolute Gasteiger partial charge is 0.550 e. The number of carbonyl (C=O) groups excluding carboxylic acids is 4. The Balaban J connectivity index is 1.91. The third kappa shape index (κ3) is 6.28. The molecule has 2 aliphatic heterocycles. The van der Waals surface area contributed by atoms with E-state index < -0.39 is 11.9 Å². The van der Waals surface area contributed by atoms with E-state index in [0.29, 0.717) is 44.6 Å². The molecule has 2 aromatic heterocycles. The fourth-order valence-electron chi connectivity index (χ4n) is 5.56. The summed E-state index contributed by atoms with van der Waals surface area (Å²) in [6.07, 6.45) is 8.73. The second-order valence-electron chi connectivity index (χ2n) is 10.7. The molecule has 4 heterocycles. The molecule has 10 nitrogen and oxygen atoms in total. The van der Waals surface area contributed by atoms with Crippen molar-refractivity contribution in [3.05, 3.63) is 85.5 Å². The van der Waals surface area contributed by atoms with Crippen molar-refractivity contribution in [3.8, 4) is 0 Å². The van der Waals surface area contributed by atoms with Gasteiger partial charge in [0.1, 0.15) is 0 Å². The monoisotopic (exact) mass is 582 g/mol. The number of amides is 2. The van der Waals surface area contributed by atoms with Crippen LogP contribution in [-0.2, 0) is 32.0 Å². The first-order chi connectivity index (χ1) is 20.4. The molecule has 1 atom stereocenters. The van der Waals surface area contributed by atoms with Gasteiger partial charge < -0.3 is 35.1 Å². The van der Waals surface area contributed by atoms with E-state index in [-0.39, 0.29) is 43.4 Å². The summed E-state index contributed by atoms with van der Waals surface area (Å²) in [5.41, 5.74) is 7.53. The molecule has 0 aromatic carbocycles. The summed E-state index contributed by atoms with van der Waals surface area (Å²) in [7, 11) is 0. The molecule has 0 saturated carbocycles. The molecule has 2 aliphatic rings. The maximum Gasteiger partial charge on any atom is 0.277 e. The summed E-state index contributed by atoms with van der Waals surface area (Å²) in [4.78, 5) is 58.2. The van der Waals surface area contributed by atoms with Crippen molar-refractivity contribution in [1.82, 2.24) is 15.3 Å². The predicted octanol–water partition coefficient (Wildman–Crippen LogP) is 0.471. The SMILES string of the molecule is C=CC1=C(C)C(/C=c2\[nH]/c(=C\c3[nH]c(/C=C4\NC(=O)[C@H](C)\C4=C\C)c(C)c3CCC(=O)[O-])c(CCC(=O)[O-])c2C)=NC1=O. The summed E-state index contributed by atoms with van der Waals surface area (Å²) in [5, 5.41) is 26.9. The van der Waals surface area contributed by atoms with Crippen LogP contribution in [0.4, 0.5) is 0 Å². The number of aromatic amines is 2. The number of allylic oxidation sites excluding steroid dienone is 3. The van der Waals surface area contributed by atoms with Crippen molar-refractivity contribution in [1.29, 1.82) is 0 Å². The standard InChI is InChI=1S/C33H36N4O6/c1-7-20-19(6)32(42)37-27(20)14-25-18(5)23(10-12-31(40)41)29(35-25)15-28-22(9-11-30(38)39)17(4)24(34-28)13-26-16(3)21(8-2)33(43)36-26/h7-8,13-15,19,34-35H,2,9-12H2,1,3-6H3,(H,37,42)(H,38,39)(H,40,41)/p-2/b20-7-,24-13-,27-14-,28-15-/t19-/m1/s1. The molecule has 0 bridgehead atoms. The van der Waals surface area contributed by atoms with Gasteiger partial charge in [-0.2, -0.15) is 0 Å². The molecule has 0 spiro atoms. The Bertz CT molecular complexity index is 1810. The number of nitrogens with one attached hydrogen (secondary N) is 3. The lowest BCUT2D eigenvalue weighted by Gasteiger charge is -2.05. The fraction of sp³-hybridized carbons (Fsp3) is 0.303. The van der Waals surface area contributed by atoms with Crippen LogP contribution in [0.5, 0.6) is 0 Å². The van der Waals surface area contributed by atoms with Gasteiger partial charge in [0.2, 0.25) is 5.91 Å². The zero-order valence-electron chi connectivity index (χ0n) is 24.9. The first kappa shape index (κ1) is 31.0. The van der Waals surface area contributed by atoms with Gasteiger partial charge in [0.05, 0.1) is 11.6 Å². The van der Waals surface area contributed by atoms with Crippen molar-refractivity contribution >= 4 is 47.7 Å². The number of carbonyl (C=O) groups is 4. The molecule has 43 heavy (non-hydrogen) atoms. The molecule has 0 unspecified atom stereocenters. The Morgan fingerprint density at radius 2 is 1.56 bits per heavy atom. The summed E-state index contributed by atoms with van der Waals surface area (Å²) >= 11 is 0. The number of H-pyrrole nitrogens is 2. The van der Waals surface area contributed by atoms with Crippen molar-refractivity contribution in [3.63, 3.8) is 0 Å². The van der Waals surface area contributed by atoms with Crippen molar-refractivity contribution in [2.24, 2.45) is 10.9 Å². The van der Waals surface area contributed by atoms with Gasteiger partial charge >= 0.3 is 0 Å². The Morgan fingerprint density at radius 3 is 2.14 bits per heavy atom. The van der Waals surface area contributed by atoms with Crippen LogP contribution in [-0.4, -0.2) is 39.4 Å². The highest BCUT2D eigenvalue weighted by atomic mass is 16.4. The van der Waals surface area contributed by atoms with Gasteiger partial charge in [-0.15, -0.1) is 0 Å². The van der Waals surface area contributed by atoms with Gasteiger partial charge in [0.25, 0.3) is 5.91 Å². The second kappa shape index (κ2) is 12.5. The number of aliphatic carboxylic acids is 2. The number of aromatic nitrogens is 2. The minimum atomic E-state index is -1.19. The molecule has 3 N–H and O–H groups in total. The van der Waals surface area contributed by atoms with Crippen LogP contribution in [0.2, 0.25) is 0 Å². The molecule has 2 aromatic rings. The number of aliphatic imine (C=N–C) groups is 1. The van der Waals surface area contributed by atoms with Crippen LogP contribution in [0.3, 0.4) is 0 Å². The fourth-order valence-corrected chi connectivity index (χ4v) is 5.56. The third-order valence-corrected chi connectivity index (χ3v) is 8.10. The van der Waals surface area contributed by atoms with Gasteiger partial charge in [-0.1, -0.05) is 18.7 Å². The van der Waals surface area contributed by atoms with Crippen molar-refractivity contribution in [2.45, 2.75) is 60.3 Å². The van der Waals surface area contributed by atoms with Gasteiger partial charge in [0.15, 0.2) is 0 Å². The van der Waals surface area contributed by atoms with Gasteiger partial charge in [-0.25, -0.2) is 4.99 Å². The average molecular weight is 583 g/mol. The first-order valence-corrected chi connectivity index (χ1v) is 14.0. The van der Waals surface area contributed by atoms with Crippen LogP contribution >= 0.6 is 0 Å². The van der Waals surface area contributed by atoms with Crippen molar-refractivity contribution < 1.29 is 29.4 Å².